The zero-order chi connectivity index (χ0) is 20.6. The Kier molecular flexibility index (Phi) is 6.10. The maximum Gasteiger partial charge on any atom is 0.406 e. The van der Waals surface area contributed by atoms with Crippen LogP contribution in [0.15, 0.2) is 28.7 Å². The summed E-state index contributed by atoms with van der Waals surface area (Å²) in [5.41, 5.74) is 0.708. The first-order valence-corrected chi connectivity index (χ1v) is 10.1. The predicted octanol–water partition coefficient (Wildman–Crippen LogP) is 5.28. The number of halogens is 5. The van der Waals surface area contributed by atoms with Gasteiger partial charge in [-0.05, 0) is 40.5 Å². The largest absolute Gasteiger partial charge is 0.406 e. The number of hydrogen-bond donors (Lipinski definition) is 0. The van der Waals surface area contributed by atoms with Gasteiger partial charge in [0, 0.05) is 29.4 Å². The van der Waals surface area contributed by atoms with E-state index in [1.165, 1.54) is 0 Å². The summed E-state index contributed by atoms with van der Waals surface area (Å²) in [4.78, 5) is 19.9. The van der Waals surface area contributed by atoms with Crippen molar-refractivity contribution in [2.45, 2.75) is 32.5 Å². The summed E-state index contributed by atoms with van der Waals surface area (Å²) >= 11 is 9.55. The molecule has 0 N–H and O–H groups in total. The quantitative estimate of drug-likeness (QED) is 0.600. The molecule has 3 rings (SSSR count). The molecule has 1 aromatic carbocycles. The molecule has 1 amide bonds. The van der Waals surface area contributed by atoms with Crippen molar-refractivity contribution in [3.63, 3.8) is 0 Å². The van der Waals surface area contributed by atoms with Gasteiger partial charge in [-0.15, -0.1) is 0 Å². The molecule has 2 heterocycles. The van der Waals surface area contributed by atoms with Gasteiger partial charge < -0.3 is 9.80 Å². The number of benzene rings is 1. The fourth-order valence-corrected chi connectivity index (χ4v) is 4.18. The number of nitrogens with zero attached hydrogens (tertiary/aromatic N) is 3. The molecule has 0 aliphatic carbocycles. The highest BCUT2D eigenvalue weighted by atomic mass is 79.9. The number of hydrogen-bond acceptors (Lipinski definition) is 3. The monoisotopic (exact) mass is 477 g/mol. The van der Waals surface area contributed by atoms with Crippen LogP contribution in [0.2, 0.25) is 5.02 Å². The van der Waals surface area contributed by atoms with Crippen molar-refractivity contribution in [1.82, 2.24) is 9.88 Å². The molecule has 0 saturated carbocycles. The fraction of sp³-hybridized carbons (Fsp3) is 0.474. The minimum atomic E-state index is -4.43. The fourth-order valence-electron chi connectivity index (χ4n) is 3.43. The molecule has 1 fully saturated rings. The van der Waals surface area contributed by atoms with Crippen LogP contribution < -0.4 is 4.90 Å². The lowest BCUT2D eigenvalue weighted by Crippen LogP contribution is -2.48. The van der Waals surface area contributed by atoms with Gasteiger partial charge in [0.25, 0.3) is 0 Å². The van der Waals surface area contributed by atoms with E-state index in [-0.39, 0.29) is 0 Å². The van der Waals surface area contributed by atoms with Gasteiger partial charge in [-0.25, -0.2) is 4.98 Å². The molecule has 152 valence electrons. The number of pyridine rings is 1. The molecule has 9 heteroatoms. The van der Waals surface area contributed by atoms with E-state index in [0.29, 0.717) is 35.9 Å². The number of carbonyl (C=O) groups is 1. The molecule has 4 nitrogen and oxygen atoms in total. The van der Waals surface area contributed by atoms with Crippen molar-refractivity contribution in [3.05, 3.63) is 33.8 Å². The standard InChI is InChI=1S/C19H20BrClF3N3O/c1-11(2)18(28)27(10-19(22,23)24)14-5-6-26(9-14)17-15(20)7-12-3-4-13(21)8-16(12)25-17/h3-4,7-8,11,14H,5-6,9-10H2,1-2H3/t14-/m0/s1. The number of fused-ring (bicyclic) bond motifs is 1. The van der Waals surface area contributed by atoms with Crippen molar-refractivity contribution in [1.29, 1.82) is 0 Å². The van der Waals surface area contributed by atoms with E-state index in [9.17, 15) is 18.0 Å². The van der Waals surface area contributed by atoms with E-state index in [4.69, 9.17) is 11.6 Å². The second kappa shape index (κ2) is 8.06. The highest BCUT2D eigenvalue weighted by Gasteiger charge is 2.40. The smallest absolute Gasteiger partial charge is 0.354 e. The van der Waals surface area contributed by atoms with Crippen LogP contribution in [-0.2, 0) is 4.79 Å². The van der Waals surface area contributed by atoms with Gasteiger partial charge in [-0.2, -0.15) is 13.2 Å². The summed E-state index contributed by atoms with van der Waals surface area (Å²) in [6.07, 6.45) is -3.98. The molecular formula is C19H20BrClF3N3O. The SMILES string of the molecule is CC(C)C(=O)N(CC(F)(F)F)[C@H]1CCN(c2nc3cc(Cl)ccc3cc2Br)C1. The van der Waals surface area contributed by atoms with Crippen LogP contribution >= 0.6 is 27.5 Å². The Labute approximate surface area is 174 Å². The van der Waals surface area contributed by atoms with Gasteiger partial charge >= 0.3 is 6.18 Å². The van der Waals surface area contributed by atoms with Crippen LogP contribution in [0.3, 0.4) is 0 Å². The summed E-state index contributed by atoms with van der Waals surface area (Å²) in [5.74, 6) is -0.341. The summed E-state index contributed by atoms with van der Waals surface area (Å²) in [5, 5.41) is 1.47. The van der Waals surface area contributed by atoms with Gasteiger partial charge in [0.1, 0.15) is 12.4 Å². The van der Waals surface area contributed by atoms with Crippen LogP contribution in [0.25, 0.3) is 10.9 Å². The van der Waals surface area contributed by atoms with Crippen LogP contribution in [0.5, 0.6) is 0 Å². The Morgan fingerprint density at radius 2 is 2.11 bits per heavy atom. The molecular weight excluding hydrogens is 459 g/mol. The van der Waals surface area contributed by atoms with Crippen molar-refractivity contribution < 1.29 is 18.0 Å². The van der Waals surface area contributed by atoms with E-state index >= 15 is 0 Å². The number of alkyl halides is 3. The second-order valence-corrected chi connectivity index (χ2v) is 8.55. The first-order chi connectivity index (χ1) is 13.0. The Hall–Kier alpha value is -1.54. The van der Waals surface area contributed by atoms with Gasteiger partial charge in [0.15, 0.2) is 0 Å². The molecule has 0 bridgehead atoms. The molecule has 0 unspecified atom stereocenters. The van der Waals surface area contributed by atoms with Gasteiger partial charge in [0.05, 0.1) is 16.0 Å². The highest BCUT2D eigenvalue weighted by molar-refractivity contribution is 9.10. The van der Waals surface area contributed by atoms with Gasteiger partial charge in [-0.1, -0.05) is 31.5 Å². The molecule has 28 heavy (non-hydrogen) atoms. The van der Waals surface area contributed by atoms with E-state index in [2.05, 4.69) is 20.9 Å². The van der Waals surface area contributed by atoms with E-state index < -0.39 is 30.6 Å². The molecule has 1 aliphatic rings. The van der Waals surface area contributed by atoms with Crippen LogP contribution in [0, 0.1) is 5.92 Å². The maximum absolute atomic E-state index is 13.0. The zero-order valence-corrected chi connectivity index (χ0v) is 17.8. The Morgan fingerprint density at radius 1 is 1.39 bits per heavy atom. The number of anilines is 1. The Morgan fingerprint density at radius 3 is 2.75 bits per heavy atom. The van der Waals surface area contributed by atoms with E-state index in [1.54, 1.807) is 26.0 Å². The molecule has 0 radical (unpaired) electrons. The third-order valence-corrected chi connectivity index (χ3v) is 5.56. The molecule has 2 aromatic rings. The third kappa shape index (κ3) is 4.71. The van der Waals surface area contributed by atoms with Crippen molar-refractivity contribution in [2.24, 2.45) is 5.92 Å². The van der Waals surface area contributed by atoms with Crippen molar-refractivity contribution in [2.75, 3.05) is 24.5 Å². The lowest BCUT2D eigenvalue weighted by Gasteiger charge is -2.31. The Balaban J connectivity index is 1.86. The molecule has 0 spiro atoms. The average Bonchev–Trinajstić information content (AvgIpc) is 3.07. The zero-order valence-electron chi connectivity index (χ0n) is 15.4. The van der Waals surface area contributed by atoms with Gasteiger partial charge in [0.2, 0.25) is 5.91 Å². The van der Waals surface area contributed by atoms with Gasteiger partial charge in [-0.3, -0.25) is 4.79 Å². The minimum absolute atomic E-state index is 0.298. The van der Waals surface area contributed by atoms with Crippen molar-refractivity contribution in [3.8, 4) is 0 Å². The Bertz CT molecular complexity index is 891. The number of carbonyl (C=O) groups excluding carboxylic acids is 1. The molecule has 1 saturated heterocycles. The lowest BCUT2D eigenvalue weighted by atomic mass is 10.1. The summed E-state index contributed by atoms with van der Waals surface area (Å²) in [6.45, 7) is 2.81. The van der Waals surface area contributed by atoms with E-state index in [0.717, 1.165) is 14.8 Å². The topological polar surface area (TPSA) is 36.4 Å². The number of amides is 1. The van der Waals surface area contributed by atoms with Crippen LogP contribution in [-0.4, -0.2) is 47.6 Å². The summed E-state index contributed by atoms with van der Waals surface area (Å²) < 4.78 is 39.9. The first kappa shape index (κ1) is 21.2. The number of rotatable bonds is 4. The average molecular weight is 479 g/mol. The second-order valence-electron chi connectivity index (χ2n) is 7.26. The third-order valence-electron chi connectivity index (χ3n) is 4.74. The van der Waals surface area contributed by atoms with E-state index in [1.807, 2.05) is 17.0 Å². The lowest BCUT2D eigenvalue weighted by molar-refractivity contribution is -0.167. The van der Waals surface area contributed by atoms with Crippen LogP contribution in [0.4, 0.5) is 19.0 Å². The summed E-state index contributed by atoms with van der Waals surface area (Å²) in [7, 11) is 0. The molecule has 1 aliphatic heterocycles. The first-order valence-electron chi connectivity index (χ1n) is 8.93. The highest BCUT2D eigenvalue weighted by Crippen LogP contribution is 2.33. The normalized spacial score (nSPS) is 17.6. The minimum Gasteiger partial charge on any atom is -0.354 e. The predicted molar refractivity (Wildman–Crippen MR) is 108 cm³/mol. The number of aromatic nitrogens is 1. The van der Waals surface area contributed by atoms with Crippen LogP contribution in [0.1, 0.15) is 20.3 Å². The molecule has 1 atom stereocenters. The summed E-state index contributed by atoms with van der Waals surface area (Å²) in [6, 6.07) is 6.78. The maximum atomic E-state index is 13.0. The molecule has 1 aromatic heterocycles. The van der Waals surface area contributed by atoms with Crippen molar-refractivity contribution >= 4 is 50.2 Å².